The van der Waals surface area contributed by atoms with Crippen LogP contribution < -0.4 is 9.64 Å². The van der Waals surface area contributed by atoms with E-state index in [1.54, 1.807) is 48.5 Å². The summed E-state index contributed by atoms with van der Waals surface area (Å²) in [6.07, 6.45) is 0.658. The number of ketones is 1. The average molecular weight is 544 g/mol. The first-order valence-corrected chi connectivity index (χ1v) is 13.2. The van der Waals surface area contributed by atoms with Crippen LogP contribution in [-0.2, 0) is 14.3 Å². The number of aryl methyl sites for hydroxylation is 1. The molecule has 0 aliphatic carbocycles. The van der Waals surface area contributed by atoms with Crippen LogP contribution in [-0.4, -0.2) is 41.1 Å². The summed E-state index contributed by atoms with van der Waals surface area (Å²) in [5.41, 5.74) is 2.02. The molecule has 0 saturated carbocycles. The van der Waals surface area contributed by atoms with Gasteiger partial charge in [-0.2, -0.15) is 0 Å². The van der Waals surface area contributed by atoms with E-state index in [-0.39, 0.29) is 29.3 Å². The van der Waals surface area contributed by atoms with Crippen molar-refractivity contribution in [2.75, 3.05) is 18.1 Å². The number of phenols is 1. The van der Waals surface area contributed by atoms with E-state index in [0.717, 1.165) is 5.56 Å². The van der Waals surface area contributed by atoms with Gasteiger partial charge in [-0.05, 0) is 78.9 Å². The Morgan fingerprint density at radius 2 is 1.73 bits per heavy atom. The van der Waals surface area contributed by atoms with Crippen LogP contribution in [0.2, 0.25) is 0 Å². The van der Waals surface area contributed by atoms with Crippen LogP contribution in [0.5, 0.6) is 11.5 Å². The maximum atomic E-state index is 13.5. The van der Waals surface area contributed by atoms with Crippen LogP contribution in [0.1, 0.15) is 60.3 Å². The molecule has 1 atom stereocenters. The number of benzene rings is 3. The Morgan fingerprint density at radius 3 is 2.38 bits per heavy atom. The van der Waals surface area contributed by atoms with Crippen molar-refractivity contribution >= 4 is 29.1 Å². The second kappa shape index (κ2) is 12.1. The van der Waals surface area contributed by atoms with Crippen LogP contribution in [0.15, 0.2) is 72.3 Å². The molecule has 1 amide bonds. The number of esters is 1. The average Bonchev–Trinajstić information content (AvgIpc) is 3.20. The predicted octanol–water partition coefficient (Wildman–Crippen LogP) is 5.93. The minimum Gasteiger partial charge on any atom is -0.508 e. The van der Waals surface area contributed by atoms with Crippen LogP contribution in [0.25, 0.3) is 5.76 Å². The second-order valence-electron chi connectivity index (χ2n) is 10.1. The van der Waals surface area contributed by atoms with E-state index in [2.05, 4.69) is 0 Å². The summed E-state index contributed by atoms with van der Waals surface area (Å²) in [5.74, 6) is -1.60. The van der Waals surface area contributed by atoms with Gasteiger partial charge in [0, 0.05) is 11.3 Å². The summed E-state index contributed by atoms with van der Waals surface area (Å²) in [5, 5.41) is 21.3. The molecule has 1 heterocycles. The molecule has 208 valence electrons. The largest absolute Gasteiger partial charge is 0.508 e. The number of phenolic OH excluding ortho intramolecular Hbond substituents is 1. The fourth-order valence-electron chi connectivity index (χ4n) is 4.50. The van der Waals surface area contributed by atoms with Crippen molar-refractivity contribution in [3.8, 4) is 11.5 Å². The predicted molar refractivity (Wildman–Crippen MR) is 151 cm³/mol. The Morgan fingerprint density at radius 1 is 1.00 bits per heavy atom. The topological polar surface area (TPSA) is 113 Å². The van der Waals surface area contributed by atoms with E-state index in [1.165, 1.54) is 23.1 Å². The number of aliphatic hydroxyl groups is 1. The number of carbonyl (C=O) groups excluding carboxylic acids is 3. The minimum atomic E-state index is -1.01. The van der Waals surface area contributed by atoms with E-state index in [4.69, 9.17) is 9.47 Å². The number of nitrogens with zero attached hydrogens (tertiary/aromatic N) is 1. The van der Waals surface area contributed by atoms with Gasteiger partial charge in [-0.15, -0.1) is 0 Å². The molecule has 3 aromatic rings. The van der Waals surface area contributed by atoms with E-state index in [1.807, 2.05) is 27.7 Å². The number of amides is 1. The van der Waals surface area contributed by atoms with Gasteiger partial charge in [-0.3, -0.25) is 14.5 Å². The molecule has 2 N–H and O–H groups in total. The molecule has 1 fully saturated rings. The first kappa shape index (κ1) is 28.4. The third-order valence-electron chi connectivity index (χ3n) is 6.47. The van der Waals surface area contributed by atoms with Crippen molar-refractivity contribution in [3.05, 3.63) is 94.6 Å². The zero-order valence-electron chi connectivity index (χ0n) is 23.0. The van der Waals surface area contributed by atoms with Crippen LogP contribution in [0, 0.1) is 12.8 Å². The third kappa shape index (κ3) is 5.86. The highest BCUT2D eigenvalue weighted by atomic mass is 16.5. The Labute approximate surface area is 233 Å². The molecule has 1 aliphatic heterocycles. The van der Waals surface area contributed by atoms with Crippen LogP contribution in [0.4, 0.5) is 5.69 Å². The molecule has 0 bridgehead atoms. The molecule has 0 radical (unpaired) electrons. The molecule has 1 unspecified atom stereocenters. The fourth-order valence-corrected chi connectivity index (χ4v) is 4.50. The van der Waals surface area contributed by atoms with E-state index in [0.29, 0.717) is 41.5 Å². The van der Waals surface area contributed by atoms with E-state index >= 15 is 0 Å². The van der Waals surface area contributed by atoms with Gasteiger partial charge in [-0.1, -0.05) is 39.0 Å². The molecule has 0 aromatic heterocycles. The second-order valence-corrected chi connectivity index (χ2v) is 10.1. The maximum absolute atomic E-state index is 13.5. The van der Waals surface area contributed by atoms with Crippen molar-refractivity contribution in [1.82, 2.24) is 0 Å². The van der Waals surface area contributed by atoms with Gasteiger partial charge in [0.25, 0.3) is 11.7 Å². The van der Waals surface area contributed by atoms with Gasteiger partial charge in [-0.25, -0.2) is 4.79 Å². The minimum absolute atomic E-state index is 0.00831. The molecule has 4 rings (SSSR count). The summed E-state index contributed by atoms with van der Waals surface area (Å²) in [4.78, 5) is 40.7. The molecule has 1 aliphatic rings. The zero-order chi connectivity index (χ0) is 29.0. The quantitative estimate of drug-likeness (QED) is 0.149. The lowest BCUT2D eigenvalue weighted by molar-refractivity contribution is -0.132. The Kier molecular flexibility index (Phi) is 8.58. The monoisotopic (exact) mass is 543 g/mol. The smallest absolute Gasteiger partial charge is 0.338 e. The van der Waals surface area contributed by atoms with Gasteiger partial charge in [0.2, 0.25) is 0 Å². The van der Waals surface area contributed by atoms with Crippen molar-refractivity contribution in [1.29, 1.82) is 0 Å². The van der Waals surface area contributed by atoms with Crippen molar-refractivity contribution in [3.63, 3.8) is 0 Å². The number of aromatic hydroxyl groups is 1. The van der Waals surface area contributed by atoms with E-state index in [9.17, 15) is 24.6 Å². The van der Waals surface area contributed by atoms with Crippen molar-refractivity contribution < 1.29 is 34.1 Å². The summed E-state index contributed by atoms with van der Waals surface area (Å²) in [6.45, 7) is 8.59. The fraction of sp³-hybridized carbons (Fsp3) is 0.281. The molecule has 1 saturated heterocycles. The first-order chi connectivity index (χ1) is 19.1. The van der Waals surface area contributed by atoms with E-state index < -0.39 is 23.7 Å². The summed E-state index contributed by atoms with van der Waals surface area (Å²) >= 11 is 0. The summed E-state index contributed by atoms with van der Waals surface area (Å²) < 4.78 is 11.1. The molecule has 3 aromatic carbocycles. The zero-order valence-corrected chi connectivity index (χ0v) is 23.0. The highest BCUT2D eigenvalue weighted by Crippen LogP contribution is 2.43. The number of Topliss-reactive ketones (excluding diaryl/α,β-unsaturated/α-hetero) is 1. The lowest BCUT2D eigenvalue weighted by atomic mass is 9.94. The number of hydrogen-bond donors (Lipinski definition) is 2. The molecule has 8 heteroatoms. The standard InChI is InChI=1S/C32H33NO7/c1-5-15-39-32(38)23-7-6-8-24(17-23)33-28(21-9-12-25(34)13-10-21)27(30(36)31(33)37)29(35)22-11-14-26(20(4)16-22)40-18-19(2)3/h6-14,16-17,19,28,34-35H,5,15,18H2,1-4H3/b29-27+. The molecular weight excluding hydrogens is 510 g/mol. The summed E-state index contributed by atoms with van der Waals surface area (Å²) in [7, 11) is 0. The lowest BCUT2D eigenvalue weighted by Gasteiger charge is -2.26. The molecular formula is C32H33NO7. The third-order valence-corrected chi connectivity index (χ3v) is 6.47. The molecule has 8 nitrogen and oxygen atoms in total. The first-order valence-electron chi connectivity index (χ1n) is 13.2. The lowest BCUT2D eigenvalue weighted by Crippen LogP contribution is -2.29. The van der Waals surface area contributed by atoms with Gasteiger partial charge in [0.15, 0.2) is 0 Å². The summed E-state index contributed by atoms with van der Waals surface area (Å²) in [6, 6.07) is 16.4. The Hall–Kier alpha value is -4.59. The number of anilines is 1. The van der Waals surface area contributed by atoms with Crippen LogP contribution >= 0.6 is 0 Å². The highest BCUT2D eigenvalue weighted by molar-refractivity contribution is 6.51. The Balaban J connectivity index is 1.82. The SMILES string of the molecule is CCCOC(=O)c1cccc(N2C(=O)C(=O)/C(=C(/O)c3ccc(OCC(C)C)c(C)c3)C2c2ccc(O)cc2)c1. The highest BCUT2D eigenvalue weighted by Gasteiger charge is 2.47. The number of hydrogen-bond acceptors (Lipinski definition) is 7. The van der Waals surface area contributed by atoms with Crippen molar-refractivity contribution in [2.45, 2.75) is 40.2 Å². The van der Waals surface area contributed by atoms with Gasteiger partial charge in [0.1, 0.15) is 17.3 Å². The number of ether oxygens (including phenoxy) is 2. The van der Waals surface area contributed by atoms with Gasteiger partial charge >= 0.3 is 5.97 Å². The van der Waals surface area contributed by atoms with Crippen LogP contribution in [0.3, 0.4) is 0 Å². The maximum Gasteiger partial charge on any atom is 0.338 e. The number of aliphatic hydroxyl groups excluding tert-OH is 1. The normalized spacial score (nSPS) is 16.4. The van der Waals surface area contributed by atoms with Gasteiger partial charge in [0.05, 0.1) is 30.4 Å². The van der Waals surface area contributed by atoms with Crippen molar-refractivity contribution in [2.24, 2.45) is 5.92 Å². The molecule has 40 heavy (non-hydrogen) atoms. The number of carbonyl (C=O) groups is 3. The van der Waals surface area contributed by atoms with Gasteiger partial charge < -0.3 is 19.7 Å². The Bertz CT molecular complexity index is 1460. The number of rotatable bonds is 9. The molecule has 0 spiro atoms.